The maximum atomic E-state index is 12.6. The van der Waals surface area contributed by atoms with Gasteiger partial charge in [0.05, 0.1) is 11.8 Å². The van der Waals surface area contributed by atoms with Gasteiger partial charge in [-0.25, -0.2) is 0 Å². The number of carbonyl (C=O) groups excluding carboxylic acids is 2. The van der Waals surface area contributed by atoms with Crippen LogP contribution in [0.1, 0.15) is 23.1 Å². The summed E-state index contributed by atoms with van der Waals surface area (Å²) in [6.07, 6.45) is 5.03. The number of aryl methyl sites for hydroxylation is 1. The van der Waals surface area contributed by atoms with E-state index < -0.39 is 22.7 Å². The number of rotatable bonds is 2. The summed E-state index contributed by atoms with van der Waals surface area (Å²) in [4.78, 5) is 25.2. The van der Waals surface area contributed by atoms with Gasteiger partial charge in [-0.3, -0.25) is 9.59 Å². The van der Waals surface area contributed by atoms with Gasteiger partial charge in [-0.2, -0.15) is 0 Å². The van der Waals surface area contributed by atoms with Crippen LogP contribution in [0.5, 0.6) is 0 Å². The smallest absolute Gasteiger partial charge is 0.318 e. The van der Waals surface area contributed by atoms with Crippen LogP contribution in [0.2, 0.25) is 0 Å². The number of allylic oxidation sites excluding steroid dienone is 2. The van der Waals surface area contributed by atoms with E-state index in [-0.39, 0.29) is 11.9 Å². The lowest BCUT2D eigenvalue weighted by atomic mass is 9.68. The third-order valence-corrected chi connectivity index (χ3v) is 6.32. The van der Waals surface area contributed by atoms with E-state index in [1.54, 1.807) is 0 Å². The van der Waals surface area contributed by atoms with Gasteiger partial charge in [0, 0.05) is 10.8 Å². The van der Waals surface area contributed by atoms with Crippen LogP contribution < -0.4 is 0 Å². The second-order valence-electron chi connectivity index (χ2n) is 7.52. The number of hydrogen-bond acceptors (Lipinski definition) is 3. The van der Waals surface area contributed by atoms with Gasteiger partial charge in [-0.1, -0.05) is 72.3 Å². The molecular weight excluding hydrogens is 312 g/mol. The van der Waals surface area contributed by atoms with E-state index in [0.717, 1.165) is 17.5 Å². The standard InChI is InChI=1S/C22H18O3/c1-14-7-9-16(10-8-14)22-12-11-21(13-22,15-5-3-2-4-6-15)17-18(22)20(24)25-19(17)23/h2-12,17-18H,13H2,1H3. The summed E-state index contributed by atoms with van der Waals surface area (Å²) in [7, 11) is 0. The first-order valence-electron chi connectivity index (χ1n) is 8.65. The zero-order valence-electron chi connectivity index (χ0n) is 13.9. The highest BCUT2D eigenvalue weighted by Crippen LogP contribution is 2.66. The molecule has 1 heterocycles. The van der Waals surface area contributed by atoms with Gasteiger partial charge in [-0.15, -0.1) is 0 Å². The van der Waals surface area contributed by atoms with Crippen LogP contribution in [0, 0.1) is 18.8 Å². The minimum atomic E-state index is -0.461. The number of cyclic esters (lactones) is 2. The molecule has 124 valence electrons. The first-order valence-corrected chi connectivity index (χ1v) is 8.65. The Morgan fingerprint density at radius 2 is 1.32 bits per heavy atom. The number of ether oxygens (including phenoxy) is 1. The van der Waals surface area contributed by atoms with E-state index in [9.17, 15) is 9.59 Å². The number of hydrogen-bond donors (Lipinski definition) is 0. The van der Waals surface area contributed by atoms with Gasteiger partial charge in [0.25, 0.3) is 0 Å². The topological polar surface area (TPSA) is 43.4 Å². The first kappa shape index (κ1) is 14.6. The molecule has 1 saturated heterocycles. The summed E-state index contributed by atoms with van der Waals surface area (Å²) < 4.78 is 5.11. The fraction of sp³-hybridized carbons (Fsp3) is 0.273. The van der Waals surface area contributed by atoms with E-state index in [4.69, 9.17) is 4.74 Å². The van der Waals surface area contributed by atoms with Crippen LogP contribution in [-0.2, 0) is 25.2 Å². The molecule has 5 rings (SSSR count). The average Bonchev–Trinajstić information content (AvgIpc) is 3.26. The van der Waals surface area contributed by atoms with Crippen molar-refractivity contribution < 1.29 is 14.3 Å². The van der Waals surface area contributed by atoms with Crippen molar-refractivity contribution in [2.45, 2.75) is 24.2 Å². The zero-order chi connectivity index (χ0) is 17.2. The third kappa shape index (κ3) is 1.70. The Morgan fingerprint density at radius 1 is 0.800 bits per heavy atom. The molecule has 2 bridgehead atoms. The molecule has 1 saturated carbocycles. The van der Waals surface area contributed by atoms with Crippen LogP contribution in [0.25, 0.3) is 0 Å². The second-order valence-corrected chi connectivity index (χ2v) is 7.52. The highest BCUT2D eigenvalue weighted by Gasteiger charge is 2.72. The summed E-state index contributed by atoms with van der Waals surface area (Å²) in [6.45, 7) is 2.05. The van der Waals surface area contributed by atoms with Crippen LogP contribution in [0.15, 0.2) is 66.7 Å². The maximum absolute atomic E-state index is 12.6. The summed E-state index contributed by atoms with van der Waals surface area (Å²) in [5.74, 6) is -1.63. The van der Waals surface area contributed by atoms with Gasteiger partial charge in [-0.05, 0) is 24.5 Å². The highest BCUT2D eigenvalue weighted by molar-refractivity contribution is 6.00. The number of benzene rings is 2. The highest BCUT2D eigenvalue weighted by atomic mass is 16.6. The van der Waals surface area contributed by atoms with Gasteiger partial charge in [0.2, 0.25) is 0 Å². The maximum Gasteiger partial charge on any atom is 0.318 e. The summed E-state index contributed by atoms with van der Waals surface area (Å²) in [5, 5.41) is 0. The van der Waals surface area contributed by atoms with Crippen molar-refractivity contribution in [1.82, 2.24) is 0 Å². The lowest BCUT2D eigenvalue weighted by Gasteiger charge is -2.31. The monoisotopic (exact) mass is 330 g/mol. The molecule has 2 aliphatic carbocycles. The Bertz CT molecular complexity index is 912. The minimum Gasteiger partial charge on any atom is -0.393 e. The van der Waals surface area contributed by atoms with E-state index >= 15 is 0 Å². The fourth-order valence-corrected chi connectivity index (χ4v) is 5.21. The van der Waals surface area contributed by atoms with Crippen molar-refractivity contribution in [3.8, 4) is 0 Å². The zero-order valence-corrected chi connectivity index (χ0v) is 13.9. The molecule has 4 unspecified atom stereocenters. The minimum absolute atomic E-state index is 0.377. The van der Waals surface area contributed by atoms with Crippen LogP contribution >= 0.6 is 0 Å². The van der Waals surface area contributed by atoms with E-state index in [2.05, 4.69) is 36.4 Å². The van der Waals surface area contributed by atoms with Crippen molar-refractivity contribution >= 4 is 11.9 Å². The SMILES string of the molecule is Cc1ccc(C23C=CC(c4ccccc4)(C2)C2C(=O)OC(=O)C23)cc1. The van der Waals surface area contributed by atoms with Gasteiger partial charge in [0.15, 0.2) is 0 Å². The van der Waals surface area contributed by atoms with Crippen molar-refractivity contribution in [2.75, 3.05) is 0 Å². The quantitative estimate of drug-likeness (QED) is 0.481. The van der Waals surface area contributed by atoms with Gasteiger partial charge >= 0.3 is 11.9 Å². The molecule has 0 radical (unpaired) electrons. The lowest BCUT2D eigenvalue weighted by Crippen LogP contribution is -2.37. The van der Waals surface area contributed by atoms with Crippen LogP contribution in [-0.4, -0.2) is 11.9 Å². The molecule has 25 heavy (non-hydrogen) atoms. The molecule has 3 heteroatoms. The third-order valence-electron chi connectivity index (χ3n) is 6.32. The van der Waals surface area contributed by atoms with Crippen molar-refractivity contribution in [1.29, 1.82) is 0 Å². The van der Waals surface area contributed by atoms with E-state index in [1.807, 2.05) is 37.3 Å². The van der Waals surface area contributed by atoms with Gasteiger partial charge < -0.3 is 4.74 Å². The lowest BCUT2D eigenvalue weighted by molar-refractivity contribution is -0.155. The number of carbonyl (C=O) groups is 2. The van der Waals surface area contributed by atoms with E-state index in [0.29, 0.717) is 0 Å². The summed E-state index contributed by atoms with van der Waals surface area (Å²) >= 11 is 0. The van der Waals surface area contributed by atoms with Crippen LogP contribution in [0.3, 0.4) is 0 Å². The molecule has 0 amide bonds. The molecule has 3 nitrogen and oxygen atoms in total. The number of esters is 2. The Kier molecular flexibility index (Phi) is 2.75. The van der Waals surface area contributed by atoms with Crippen LogP contribution in [0.4, 0.5) is 0 Å². The molecule has 0 spiro atoms. The molecule has 0 aromatic heterocycles. The molecule has 1 aliphatic heterocycles. The predicted molar refractivity (Wildman–Crippen MR) is 92.8 cm³/mol. The average molecular weight is 330 g/mol. The van der Waals surface area contributed by atoms with Crippen molar-refractivity contribution in [3.63, 3.8) is 0 Å². The Hall–Kier alpha value is -2.68. The first-order chi connectivity index (χ1) is 12.1. The largest absolute Gasteiger partial charge is 0.393 e. The Morgan fingerprint density at radius 3 is 1.88 bits per heavy atom. The Balaban J connectivity index is 1.73. The molecule has 4 atom stereocenters. The fourth-order valence-electron chi connectivity index (χ4n) is 5.21. The Labute approximate surface area is 146 Å². The molecule has 2 aromatic carbocycles. The summed E-state index contributed by atoms with van der Waals surface area (Å²) in [5.41, 5.74) is 2.43. The van der Waals surface area contributed by atoms with Gasteiger partial charge in [0.1, 0.15) is 0 Å². The normalized spacial score (nSPS) is 35.1. The summed E-state index contributed by atoms with van der Waals surface area (Å²) in [6, 6.07) is 18.3. The molecule has 2 fully saturated rings. The molecular formula is C22H18O3. The molecule has 2 aromatic rings. The predicted octanol–water partition coefficient (Wildman–Crippen LogP) is 3.46. The van der Waals surface area contributed by atoms with Crippen molar-refractivity contribution in [3.05, 3.63) is 83.4 Å². The molecule has 3 aliphatic rings. The van der Waals surface area contributed by atoms with Crippen molar-refractivity contribution in [2.24, 2.45) is 11.8 Å². The second kappa shape index (κ2) is 4.69. The number of fused-ring (bicyclic) bond motifs is 5. The van der Waals surface area contributed by atoms with E-state index in [1.165, 1.54) is 5.56 Å². The molecule has 0 N–H and O–H groups in total.